The summed E-state index contributed by atoms with van der Waals surface area (Å²) in [5.41, 5.74) is 1.75. The van der Waals surface area contributed by atoms with Gasteiger partial charge in [0.25, 0.3) is 0 Å². The molecule has 2 N–H and O–H groups in total. The van der Waals surface area contributed by atoms with Gasteiger partial charge in [-0.05, 0) is 73.0 Å². The third kappa shape index (κ3) is 4.47. The summed E-state index contributed by atoms with van der Waals surface area (Å²) >= 11 is 9.91. The van der Waals surface area contributed by atoms with Gasteiger partial charge >= 0.3 is 0 Å². The summed E-state index contributed by atoms with van der Waals surface area (Å²) in [4.78, 5) is 0. The number of aromatic amines is 2. The molecule has 0 saturated carbocycles. The van der Waals surface area contributed by atoms with Gasteiger partial charge in [-0.3, -0.25) is 0 Å². The molecule has 144 valence electrons. The first-order valence-electron chi connectivity index (χ1n) is 7.91. The number of aromatic nitrogens is 8. The molecular formula is C16H16N8O2S2. The number of nitrogens with zero attached hydrogens (tertiary/aromatic N) is 6. The van der Waals surface area contributed by atoms with Crippen LogP contribution < -0.4 is 9.47 Å². The van der Waals surface area contributed by atoms with E-state index in [-0.39, 0.29) is 0 Å². The standard InChI is InChI=1S/2C8H8N4OS/c2*1-13-7-4-2-6(3-5-7)12-8(14)9-10-11-12/h2*2-5H,1H3,(H,9,11,14). The zero-order valence-electron chi connectivity index (χ0n) is 14.9. The molecule has 12 heteroatoms. The zero-order valence-corrected chi connectivity index (χ0v) is 16.6. The molecule has 2 heterocycles. The number of ether oxygens (including phenoxy) is 2. The lowest BCUT2D eigenvalue weighted by molar-refractivity contribution is 0.414. The number of tetrazole rings is 2. The lowest BCUT2D eigenvalue weighted by atomic mass is 10.3. The van der Waals surface area contributed by atoms with Crippen molar-refractivity contribution in [1.82, 2.24) is 40.4 Å². The fourth-order valence-corrected chi connectivity index (χ4v) is 2.57. The molecule has 2 aromatic carbocycles. The van der Waals surface area contributed by atoms with Gasteiger partial charge in [0.1, 0.15) is 11.5 Å². The lowest BCUT2D eigenvalue weighted by Crippen LogP contribution is -1.96. The van der Waals surface area contributed by atoms with E-state index < -0.39 is 0 Å². The van der Waals surface area contributed by atoms with Crippen molar-refractivity contribution >= 4 is 24.4 Å². The Kier molecular flexibility index (Phi) is 6.24. The number of methoxy groups -OCH3 is 2. The first kappa shape index (κ1) is 19.4. The molecule has 0 aliphatic heterocycles. The summed E-state index contributed by atoms with van der Waals surface area (Å²) in [5.74, 6) is 1.60. The molecule has 0 aliphatic carbocycles. The minimum absolute atomic E-state index is 0.398. The van der Waals surface area contributed by atoms with Crippen molar-refractivity contribution in [2.75, 3.05) is 14.2 Å². The van der Waals surface area contributed by atoms with Crippen molar-refractivity contribution in [3.8, 4) is 22.9 Å². The Hall–Kier alpha value is -3.38. The van der Waals surface area contributed by atoms with Gasteiger partial charge in [0.15, 0.2) is 0 Å². The van der Waals surface area contributed by atoms with E-state index in [1.54, 1.807) is 23.6 Å². The Labute approximate surface area is 169 Å². The highest BCUT2D eigenvalue weighted by Crippen LogP contribution is 2.14. The largest absolute Gasteiger partial charge is 0.497 e. The van der Waals surface area contributed by atoms with Crippen LogP contribution in [0.15, 0.2) is 48.5 Å². The number of H-pyrrole nitrogens is 2. The van der Waals surface area contributed by atoms with E-state index in [1.807, 2.05) is 48.5 Å². The third-order valence-electron chi connectivity index (χ3n) is 3.60. The minimum atomic E-state index is 0.398. The summed E-state index contributed by atoms with van der Waals surface area (Å²) in [6, 6.07) is 14.9. The Balaban J connectivity index is 0.000000161. The van der Waals surface area contributed by atoms with Crippen molar-refractivity contribution in [3.63, 3.8) is 0 Å². The fraction of sp³-hybridized carbons (Fsp3) is 0.125. The highest BCUT2D eigenvalue weighted by atomic mass is 32.1. The summed E-state index contributed by atoms with van der Waals surface area (Å²) in [5, 5.41) is 19.9. The molecule has 10 nitrogen and oxygen atoms in total. The normalized spacial score (nSPS) is 10.1. The Morgan fingerprint density at radius 1 is 0.679 bits per heavy atom. The van der Waals surface area contributed by atoms with Crippen molar-refractivity contribution in [3.05, 3.63) is 58.1 Å². The van der Waals surface area contributed by atoms with Crippen LogP contribution in [0.1, 0.15) is 0 Å². The highest BCUT2D eigenvalue weighted by Gasteiger charge is 2.00. The van der Waals surface area contributed by atoms with Crippen LogP contribution in [0.5, 0.6) is 11.5 Å². The van der Waals surface area contributed by atoms with Gasteiger partial charge < -0.3 is 9.47 Å². The maximum atomic E-state index is 5.04. The van der Waals surface area contributed by atoms with E-state index >= 15 is 0 Å². The van der Waals surface area contributed by atoms with Crippen LogP contribution in [0.25, 0.3) is 11.4 Å². The van der Waals surface area contributed by atoms with Crippen LogP contribution in [-0.4, -0.2) is 54.6 Å². The van der Waals surface area contributed by atoms with Gasteiger partial charge in [-0.2, -0.15) is 10.4 Å². The van der Waals surface area contributed by atoms with E-state index in [9.17, 15) is 0 Å². The molecule has 0 radical (unpaired) electrons. The third-order valence-corrected chi connectivity index (χ3v) is 4.13. The minimum Gasteiger partial charge on any atom is -0.497 e. The van der Waals surface area contributed by atoms with Gasteiger partial charge in [-0.15, -0.1) is 0 Å². The highest BCUT2D eigenvalue weighted by molar-refractivity contribution is 7.71. The molecule has 0 bridgehead atoms. The number of benzene rings is 2. The molecule has 0 atom stereocenters. The van der Waals surface area contributed by atoms with Crippen LogP contribution in [0.2, 0.25) is 0 Å². The first-order valence-corrected chi connectivity index (χ1v) is 8.73. The molecule has 0 amide bonds. The topological polar surface area (TPSA) is 111 Å². The number of nitrogens with one attached hydrogen (secondary N) is 2. The quantitative estimate of drug-likeness (QED) is 0.489. The van der Waals surface area contributed by atoms with E-state index in [1.165, 1.54) is 0 Å². The van der Waals surface area contributed by atoms with Crippen LogP contribution in [0.3, 0.4) is 0 Å². The van der Waals surface area contributed by atoms with Crippen LogP contribution in [0.4, 0.5) is 0 Å². The fourth-order valence-electron chi connectivity index (χ4n) is 2.19. The molecule has 4 rings (SSSR count). The van der Waals surface area contributed by atoms with Gasteiger partial charge in [-0.1, -0.05) is 20.6 Å². The molecule has 0 aliphatic rings. The molecular weight excluding hydrogens is 400 g/mol. The average molecular weight is 416 g/mol. The predicted octanol–water partition coefficient (Wildman–Crippen LogP) is 2.67. The second-order valence-electron chi connectivity index (χ2n) is 5.23. The molecule has 2 aromatic heterocycles. The first-order chi connectivity index (χ1) is 13.6. The van der Waals surface area contributed by atoms with Crippen LogP contribution >= 0.6 is 24.4 Å². The molecule has 0 fully saturated rings. The van der Waals surface area contributed by atoms with Crippen molar-refractivity contribution < 1.29 is 9.47 Å². The van der Waals surface area contributed by atoms with E-state index in [0.29, 0.717) is 9.54 Å². The monoisotopic (exact) mass is 416 g/mol. The van der Waals surface area contributed by atoms with Gasteiger partial charge in [0.05, 0.1) is 25.6 Å². The summed E-state index contributed by atoms with van der Waals surface area (Å²) in [7, 11) is 3.25. The van der Waals surface area contributed by atoms with Crippen molar-refractivity contribution in [1.29, 1.82) is 0 Å². The predicted molar refractivity (Wildman–Crippen MR) is 106 cm³/mol. The maximum Gasteiger partial charge on any atom is 0.242 e. The molecule has 4 aromatic rings. The number of rotatable bonds is 4. The van der Waals surface area contributed by atoms with E-state index in [2.05, 4.69) is 31.1 Å². The van der Waals surface area contributed by atoms with Crippen LogP contribution in [0, 0.1) is 9.54 Å². The summed E-state index contributed by atoms with van der Waals surface area (Å²) < 4.78 is 14.1. The molecule has 28 heavy (non-hydrogen) atoms. The Morgan fingerprint density at radius 3 is 1.29 bits per heavy atom. The summed E-state index contributed by atoms with van der Waals surface area (Å²) in [6.45, 7) is 0. The average Bonchev–Trinajstić information content (AvgIpc) is 3.37. The van der Waals surface area contributed by atoms with Gasteiger partial charge in [0, 0.05) is 0 Å². The van der Waals surface area contributed by atoms with Gasteiger partial charge in [0.2, 0.25) is 9.54 Å². The summed E-state index contributed by atoms with van der Waals surface area (Å²) in [6.07, 6.45) is 0. The van der Waals surface area contributed by atoms with Crippen molar-refractivity contribution in [2.45, 2.75) is 0 Å². The second kappa shape index (κ2) is 9.01. The number of hydrogen-bond acceptors (Lipinski definition) is 8. The smallest absolute Gasteiger partial charge is 0.242 e. The van der Waals surface area contributed by atoms with E-state index in [4.69, 9.17) is 33.9 Å². The second-order valence-corrected chi connectivity index (χ2v) is 5.96. The molecule has 0 saturated heterocycles. The van der Waals surface area contributed by atoms with Gasteiger partial charge in [-0.25, -0.2) is 9.36 Å². The van der Waals surface area contributed by atoms with Crippen molar-refractivity contribution in [2.24, 2.45) is 0 Å². The Morgan fingerprint density at radius 2 is 1.04 bits per heavy atom. The maximum absolute atomic E-state index is 5.04. The molecule has 0 spiro atoms. The Bertz CT molecular complexity index is 1040. The number of hydrogen-bond donors (Lipinski definition) is 2. The van der Waals surface area contributed by atoms with Crippen LogP contribution in [-0.2, 0) is 0 Å². The molecule has 0 unspecified atom stereocenters. The SMILES string of the molecule is COc1ccc(-n2[nH]nnc2=S)cc1.COc1ccc(-n2[nH]nnc2=S)cc1. The lowest BCUT2D eigenvalue weighted by Gasteiger charge is -2.02. The zero-order chi connectivity index (χ0) is 19.9. The van der Waals surface area contributed by atoms with E-state index in [0.717, 1.165) is 22.9 Å².